The first-order valence-electron chi connectivity index (χ1n) is 5.95. The lowest BCUT2D eigenvalue weighted by Gasteiger charge is -2.11. The van der Waals surface area contributed by atoms with Crippen molar-refractivity contribution in [2.45, 2.75) is 13.8 Å². The van der Waals surface area contributed by atoms with Crippen molar-refractivity contribution in [3.63, 3.8) is 0 Å². The lowest BCUT2D eigenvalue weighted by atomic mass is 10.1. The van der Waals surface area contributed by atoms with Gasteiger partial charge in [-0.25, -0.2) is 4.39 Å². The van der Waals surface area contributed by atoms with E-state index in [4.69, 9.17) is 0 Å². The summed E-state index contributed by atoms with van der Waals surface area (Å²) >= 11 is 3.06. The van der Waals surface area contributed by atoms with Gasteiger partial charge >= 0.3 is 0 Å². The predicted octanol–water partition coefficient (Wildman–Crippen LogP) is 4.16. The maximum absolute atomic E-state index is 13.4. The minimum absolute atomic E-state index is 0.130. The molecule has 0 saturated heterocycles. The van der Waals surface area contributed by atoms with Gasteiger partial charge in [0.25, 0.3) is 5.91 Å². The van der Waals surface area contributed by atoms with Gasteiger partial charge in [0.1, 0.15) is 11.6 Å². The lowest BCUT2D eigenvalue weighted by Crippen LogP contribution is -2.14. The van der Waals surface area contributed by atoms with Gasteiger partial charge in [-0.3, -0.25) is 4.79 Å². The van der Waals surface area contributed by atoms with Crippen LogP contribution in [0, 0.1) is 19.7 Å². The van der Waals surface area contributed by atoms with Crippen molar-refractivity contribution in [2.24, 2.45) is 0 Å². The molecule has 2 aromatic rings. The summed E-state index contributed by atoms with van der Waals surface area (Å²) in [5.41, 5.74) is 2.19. The molecule has 0 bridgehead atoms. The zero-order chi connectivity index (χ0) is 14.9. The molecule has 0 aliphatic carbocycles. The molecule has 0 heterocycles. The molecular formula is C15H13BrFNO2. The second-order valence-corrected chi connectivity index (χ2v) is 5.30. The number of rotatable bonds is 2. The Kier molecular flexibility index (Phi) is 4.09. The van der Waals surface area contributed by atoms with E-state index in [1.54, 1.807) is 26.0 Å². The quantitative estimate of drug-likeness (QED) is 0.808. The van der Waals surface area contributed by atoms with Gasteiger partial charge in [-0.05, 0) is 65.2 Å². The molecule has 0 unspecified atom stereocenters. The Bertz CT molecular complexity index is 686. The number of benzene rings is 2. The van der Waals surface area contributed by atoms with E-state index in [9.17, 15) is 14.3 Å². The summed E-state index contributed by atoms with van der Waals surface area (Å²) < 4.78 is 13.5. The molecule has 5 heteroatoms. The molecule has 0 saturated carbocycles. The number of nitrogens with one attached hydrogen (secondary N) is 1. The summed E-state index contributed by atoms with van der Waals surface area (Å²) in [7, 11) is 0. The van der Waals surface area contributed by atoms with Crippen LogP contribution >= 0.6 is 15.9 Å². The highest BCUT2D eigenvalue weighted by atomic mass is 79.9. The van der Waals surface area contributed by atoms with Crippen LogP contribution in [0.15, 0.2) is 34.8 Å². The average Bonchev–Trinajstić information content (AvgIpc) is 2.39. The van der Waals surface area contributed by atoms with Crippen LogP contribution in [0.1, 0.15) is 21.5 Å². The maximum Gasteiger partial charge on any atom is 0.256 e. The molecule has 0 radical (unpaired) electrons. The Morgan fingerprint density at radius 3 is 2.65 bits per heavy atom. The maximum atomic E-state index is 13.4. The highest BCUT2D eigenvalue weighted by molar-refractivity contribution is 9.10. The second-order valence-electron chi connectivity index (χ2n) is 4.51. The van der Waals surface area contributed by atoms with Crippen molar-refractivity contribution in [3.05, 3.63) is 57.3 Å². The van der Waals surface area contributed by atoms with E-state index in [0.29, 0.717) is 11.3 Å². The molecule has 104 valence electrons. The standard InChI is InChI=1S/C15H13BrFNO2/c1-8-7-13(19)9(2)6-12(8)18-15(20)10-4-3-5-11(17)14(10)16/h3-7,19H,1-2H3,(H,18,20). The molecule has 0 aromatic heterocycles. The third-order valence-electron chi connectivity index (χ3n) is 2.99. The van der Waals surface area contributed by atoms with E-state index in [0.717, 1.165) is 5.56 Å². The number of hydrogen-bond acceptors (Lipinski definition) is 2. The van der Waals surface area contributed by atoms with E-state index in [2.05, 4.69) is 21.2 Å². The highest BCUT2D eigenvalue weighted by Gasteiger charge is 2.14. The lowest BCUT2D eigenvalue weighted by molar-refractivity contribution is 0.102. The zero-order valence-electron chi connectivity index (χ0n) is 11.0. The van der Waals surface area contributed by atoms with Crippen LogP contribution in [0.5, 0.6) is 5.75 Å². The summed E-state index contributed by atoms with van der Waals surface area (Å²) in [6, 6.07) is 7.53. The Hall–Kier alpha value is -1.88. The van der Waals surface area contributed by atoms with Crippen molar-refractivity contribution in [3.8, 4) is 5.75 Å². The molecule has 1 amide bonds. The Morgan fingerprint density at radius 2 is 1.95 bits per heavy atom. The van der Waals surface area contributed by atoms with Crippen molar-refractivity contribution in [2.75, 3.05) is 5.32 Å². The van der Waals surface area contributed by atoms with Gasteiger partial charge in [-0.2, -0.15) is 0 Å². The van der Waals surface area contributed by atoms with E-state index in [-0.39, 0.29) is 15.8 Å². The zero-order valence-corrected chi connectivity index (χ0v) is 12.6. The number of halogens is 2. The van der Waals surface area contributed by atoms with Crippen molar-refractivity contribution in [1.82, 2.24) is 0 Å². The van der Waals surface area contributed by atoms with Gasteiger partial charge < -0.3 is 10.4 Å². The minimum Gasteiger partial charge on any atom is -0.508 e. The Morgan fingerprint density at radius 1 is 1.25 bits per heavy atom. The number of phenolic OH excluding ortho intramolecular Hbond substituents is 1. The number of carbonyl (C=O) groups excluding carboxylic acids is 1. The molecule has 0 atom stereocenters. The van der Waals surface area contributed by atoms with Crippen LogP contribution in [-0.4, -0.2) is 11.0 Å². The molecule has 0 aliphatic heterocycles. The summed E-state index contributed by atoms with van der Waals surface area (Å²) in [6.07, 6.45) is 0. The predicted molar refractivity (Wildman–Crippen MR) is 79.6 cm³/mol. The number of amides is 1. The van der Waals surface area contributed by atoms with E-state index in [1.165, 1.54) is 18.2 Å². The third kappa shape index (κ3) is 2.82. The number of anilines is 1. The van der Waals surface area contributed by atoms with Crippen molar-refractivity contribution >= 4 is 27.5 Å². The fraction of sp³-hybridized carbons (Fsp3) is 0.133. The van der Waals surface area contributed by atoms with Crippen LogP contribution in [0.4, 0.5) is 10.1 Å². The molecule has 3 nitrogen and oxygen atoms in total. The number of phenols is 1. The van der Waals surface area contributed by atoms with Gasteiger partial charge in [0.05, 0.1) is 10.0 Å². The van der Waals surface area contributed by atoms with Gasteiger partial charge in [0.15, 0.2) is 0 Å². The summed E-state index contributed by atoms with van der Waals surface area (Å²) in [5, 5.41) is 12.3. The fourth-order valence-electron chi connectivity index (χ4n) is 1.80. The first kappa shape index (κ1) is 14.5. The van der Waals surface area contributed by atoms with Gasteiger partial charge in [0.2, 0.25) is 0 Å². The van der Waals surface area contributed by atoms with Crippen molar-refractivity contribution in [1.29, 1.82) is 0 Å². The van der Waals surface area contributed by atoms with Crippen LogP contribution in [-0.2, 0) is 0 Å². The molecule has 2 N–H and O–H groups in total. The first-order valence-corrected chi connectivity index (χ1v) is 6.75. The van der Waals surface area contributed by atoms with Gasteiger partial charge in [-0.15, -0.1) is 0 Å². The molecular weight excluding hydrogens is 325 g/mol. The summed E-state index contributed by atoms with van der Waals surface area (Å²) in [5.74, 6) is -0.728. The van der Waals surface area contributed by atoms with Crippen LogP contribution in [0.3, 0.4) is 0 Å². The molecule has 2 aromatic carbocycles. The second kappa shape index (κ2) is 5.63. The molecule has 20 heavy (non-hydrogen) atoms. The number of carbonyl (C=O) groups is 1. The average molecular weight is 338 g/mol. The van der Waals surface area contributed by atoms with E-state index in [1.807, 2.05) is 0 Å². The van der Waals surface area contributed by atoms with E-state index < -0.39 is 11.7 Å². The summed E-state index contributed by atoms with van der Waals surface area (Å²) in [4.78, 5) is 12.2. The largest absolute Gasteiger partial charge is 0.508 e. The minimum atomic E-state index is -0.490. The number of aromatic hydroxyl groups is 1. The van der Waals surface area contributed by atoms with E-state index >= 15 is 0 Å². The topological polar surface area (TPSA) is 49.3 Å². The number of aryl methyl sites for hydroxylation is 2. The van der Waals surface area contributed by atoms with Gasteiger partial charge in [-0.1, -0.05) is 6.07 Å². The van der Waals surface area contributed by atoms with Gasteiger partial charge in [0, 0.05) is 5.69 Å². The molecule has 2 rings (SSSR count). The van der Waals surface area contributed by atoms with Crippen LogP contribution in [0.25, 0.3) is 0 Å². The van der Waals surface area contributed by atoms with Crippen LogP contribution < -0.4 is 5.32 Å². The third-order valence-corrected chi connectivity index (χ3v) is 3.79. The van der Waals surface area contributed by atoms with Crippen molar-refractivity contribution < 1.29 is 14.3 Å². The molecule has 0 fully saturated rings. The molecule has 0 spiro atoms. The SMILES string of the molecule is Cc1cc(NC(=O)c2cccc(F)c2Br)c(C)cc1O. The Labute approximate surface area is 124 Å². The first-order chi connectivity index (χ1) is 9.40. The normalized spacial score (nSPS) is 10.4. The van der Waals surface area contributed by atoms with Crippen LogP contribution in [0.2, 0.25) is 0 Å². The number of hydrogen-bond donors (Lipinski definition) is 2. The monoisotopic (exact) mass is 337 g/mol. The smallest absolute Gasteiger partial charge is 0.256 e. The fourth-order valence-corrected chi connectivity index (χ4v) is 2.25. The highest BCUT2D eigenvalue weighted by Crippen LogP contribution is 2.26. The Balaban J connectivity index is 2.33. The molecule has 0 aliphatic rings. The summed E-state index contributed by atoms with van der Waals surface area (Å²) in [6.45, 7) is 3.51.